The fraction of sp³-hybridized carbons (Fsp3) is 0.0909. The van der Waals surface area contributed by atoms with Crippen molar-refractivity contribution in [1.29, 1.82) is 0 Å². The van der Waals surface area contributed by atoms with Crippen molar-refractivity contribution in [3.8, 4) is 0 Å². The van der Waals surface area contributed by atoms with Gasteiger partial charge in [-0.15, -0.1) is 0 Å². The lowest BCUT2D eigenvalue weighted by atomic mass is 10.1. The van der Waals surface area contributed by atoms with Gasteiger partial charge in [-0.3, -0.25) is 0 Å². The summed E-state index contributed by atoms with van der Waals surface area (Å²) in [6.45, 7) is 11.2. The zero-order valence-electron chi connectivity index (χ0n) is 16.3. The molecule has 0 heterocycles. The van der Waals surface area contributed by atoms with Crippen LogP contribution in [0.3, 0.4) is 0 Å². The molecule has 0 aliphatic rings. The second-order valence-corrected chi connectivity index (χ2v) is 5.87. The summed E-state index contributed by atoms with van der Waals surface area (Å²) in [6, 6.07) is 9.62. The van der Waals surface area contributed by atoms with Crippen molar-refractivity contribution >= 4 is 23.9 Å². The first kappa shape index (κ1) is 25.8. The van der Waals surface area contributed by atoms with Gasteiger partial charge in [0.2, 0.25) is 0 Å². The number of aromatic carboxylic acids is 4. The number of carbonyl (C=O) groups excluding carboxylic acids is 4. The van der Waals surface area contributed by atoms with Gasteiger partial charge >= 0.3 is 0 Å². The van der Waals surface area contributed by atoms with Crippen molar-refractivity contribution < 1.29 is 39.6 Å². The summed E-state index contributed by atoms with van der Waals surface area (Å²) in [4.78, 5) is 41.0. The molecule has 0 N–H and O–H groups in total. The minimum atomic E-state index is -1.40. The molecule has 0 bridgehead atoms. The Labute approximate surface area is 173 Å². The molecule has 0 amide bonds. The maximum atomic E-state index is 10.3. The first-order valence-corrected chi connectivity index (χ1v) is 8.23. The van der Waals surface area contributed by atoms with E-state index in [9.17, 15) is 39.6 Å². The number of carboxylic acid groups (broad SMARTS) is 4. The number of carbonyl (C=O) groups is 4. The van der Waals surface area contributed by atoms with Crippen LogP contribution in [0.4, 0.5) is 0 Å². The fourth-order valence-corrected chi connectivity index (χ4v) is 1.55. The highest BCUT2D eigenvalue weighted by atomic mass is 16.4. The normalized spacial score (nSPS) is 9.00. The van der Waals surface area contributed by atoms with Crippen LogP contribution < -0.4 is 20.4 Å². The predicted molar refractivity (Wildman–Crippen MR) is 99.8 cm³/mol. The Morgan fingerprint density at radius 2 is 0.767 bits per heavy atom. The molecule has 0 saturated carbocycles. The first-order chi connectivity index (χ1) is 13.9. The molecule has 30 heavy (non-hydrogen) atoms. The zero-order chi connectivity index (χ0) is 23.4. The highest BCUT2D eigenvalue weighted by Gasteiger charge is 1.97. The summed E-state index contributed by atoms with van der Waals surface area (Å²) >= 11 is 0. The van der Waals surface area contributed by atoms with Crippen LogP contribution in [0, 0.1) is 0 Å². The van der Waals surface area contributed by atoms with E-state index in [1.807, 2.05) is 13.8 Å². The van der Waals surface area contributed by atoms with Gasteiger partial charge in [0.1, 0.15) is 0 Å². The Morgan fingerprint density at radius 3 is 0.900 bits per heavy atom. The summed E-state index contributed by atoms with van der Waals surface area (Å²) < 4.78 is 0. The lowest BCUT2D eigenvalue weighted by molar-refractivity contribution is -0.257. The molecule has 0 spiro atoms. The smallest absolute Gasteiger partial charge is 0.0715 e. The first-order valence-electron chi connectivity index (χ1n) is 8.23. The van der Waals surface area contributed by atoms with Crippen LogP contribution in [0.25, 0.3) is 0 Å². The van der Waals surface area contributed by atoms with Crippen molar-refractivity contribution in [3.63, 3.8) is 0 Å². The summed E-state index contributed by atoms with van der Waals surface area (Å²) in [6.07, 6.45) is 0. The highest BCUT2D eigenvalue weighted by Crippen LogP contribution is 2.03. The van der Waals surface area contributed by atoms with Crippen molar-refractivity contribution in [2.45, 2.75) is 13.8 Å². The molecule has 0 atom stereocenters. The van der Waals surface area contributed by atoms with Crippen LogP contribution >= 0.6 is 0 Å². The van der Waals surface area contributed by atoms with Crippen LogP contribution in [0.5, 0.6) is 0 Å². The molecular formula is C22H18O8-4. The van der Waals surface area contributed by atoms with Crippen LogP contribution in [0.1, 0.15) is 55.3 Å². The van der Waals surface area contributed by atoms with Gasteiger partial charge in [0.05, 0.1) is 23.9 Å². The van der Waals surface area contributed by atoms with Gasteiger partial charge in [0, 0.05) is 0 Å². The summed E-state index contributed by atoms with van der Waals surface area (Å²) in [5.41, 5.74) is 1.45. The third-order valence-corrected chi connectivity index (χ3v) is 3.40. The van der Waals surface area contributed by atoms with E-state index < -0.39 is 23.9 Å². The lowest BCUT2D eigenvalue weighted by Crippen LogP contribution is -2.25. The Balaban J connectivity index is 0.000000447. The van der Waals surface area contributed by atoms with Crippen molar-refractivity contribution in [3.05, 3.63) is 95.1 Å². The number of hydrogen-bond donors (Lipinski definition) is 0. The Morgan fingerprint density at radius 1 is 0.567 bits per heavy atom. The second kappa shape index (κ2) is 12.3. The molecule has 158 valence electrons. The van der Waals surface area contributed by atoms with Crippen molar-refractivity contribution in [2.24, 2.45) is 0 Å². The largest absolute Gasteiger partial charge is 0.545 e. The molecule has 2 aromatic carbocycles. The van der Waals surface area contributed by atoms with Crippen LogP contribution in [-0.2, 0) is 0 Å². The van der Waals surface area contributed by atoms with E-state index in [2.05, 4.69) is 13.2 Å². The van der Waals surface area contributed by atoms with Crippen LogP contribution in [-0.4, -0.2) is 23.9 Å². The van der Waals surface area contributed by atoms with Crippen molar-refractivity contribution in [1.82, 2.24) is 0 Å². The average molecular weight is 410 g/mol. The molecule has 0 radical (unpaired) electrons. The fourth-order valence-electron chi connectivity index (χ4n) is 1.55. The molecule has 8 heteroatoms. The Kier molecular flexibility index (Phi) is 10.6. The topological polar surface area (TPSA) is 161 Å². The standard InChI is InChI=1S/2C8H6O4.C6H10/c2*9-7(10)5-2-1-3-6(4-5)8(11)12;1-5(2)6(3)4/h2*1-4H,(H,9,10)(H,11,12);1,3H2,2,4H3/p-4. The minimum absolute atomic E-state index is 0.170. The summed E-state index contributed by atoms with van der Waals surface area (Å²) in [5, 5.41) is 41.0. The molecule has 0 unspecified atom stereocenters. The third kappa shape index (κ3) is 9.65. The van der Waals surface area contributed by atoms with E-state index in [1.54, 1.807) is 0 Å². The molecule has 0 aromatic heterocycles. The van der Waals surface area contributed by atoms with E-state index in [0.717, 1.165) is 23.3 Å². The molecule has 0 fully saturated rings. The summed E-state index contributed by atoms with van der Waals surface area (Å²) in [7, 11) is 0. The summed E-state index contributed by atoms with van der Waals surface area (Å²) in [5.74, 6) is -5.62. The van der Waals surface area contributed by atoms with E-state index in [0.29, 0.717) is 0 Å². The minimum Gasteiger partial charge on any atom is -0.545 e. The van der Waals surface area contributed by atoms with E-state index in [-0.39, 0.29) is 22.3 Å². The average Bonchev–Trinajstić information content (AvgIpc) is 2.69. The molecule has 8 nitrogen and oxygen atoms in total. The molecule has 0 saturated heterocycles. The highest BCUT2D eigenvalue weighted by molar-refractivity contribution is 5.92. The Bertz CT molecular complexity index is 835. The molecular weight excluding hydrogens is 392 g/mol. The van der Waals surface area contributed by atoms with Gasteiger partial charge in [-0.2, -0.15) is 0 Å². The van der Waals surface area contributed by atoms with Gasteiger partial charge in [-0.05, 0) is 48.2 Å². The predicted octanol–water partition coefficient (Wildman–Crippen LogP) is -1.03. The van der Waals surface area contributed by atoms with Gasteiger partial charge in [0.15, 0.2) is 0 Å². The van der Waals surface area contributed by atoms with Crippen LogP contribution in [0.2, 0.25) is 0 Å². The molecule has 0 aliphatic carbocycles. The van der Waals surface area contributed by atoms with Gasteiger partial charge in [-0.1, -0.05) is 60.7 Å². The number of carboxylic acids is 4. The van der Waals surface area contributed by atoms with Gasteiger partial charge in [-0.25, -0.2) is 0 Å². The third-order valence-electron chi connectivity index (χ3n) is 3.40. The number of hydrogen-bond acceptors (Lipinski definition) is 8. The van der Waals surface area contributed by atoms with E-state index >= 15 is 0 Å². The monoisotopic (exact) mass is 410 g/mol. The van der Waals surface area contributed by atoms with Gasteiger partial charge in [0.25, 0.3) is 0 Å². The lowest BCUT2D eigenvalue weighted by Gasteiger charge is -2.05. The number of allylic oxidation sites excluding steroid dienone is 2. The maximum absolute atomic E-state index is 10.3. The zero-order valence-corrected chi connectivity index (χ0v) is 16.3. The van der Waals surface area contributed by atoms with Gasteiger partial charge < -0.3 is 39.6 Å². The van der Waals surface area contributed by atoms with Crippen molar-refractivity contribution in [2.75, 3.05) is 0 Å². The molecule has 0 aliphatic heterocycles. The number of benzene rings is 2. The number of rotatable bonds is 5. The Hall–Kier alpha value is -4.20. The molecule has 2 aromatic rings. The maximum Gasteiger partial charge on any atom is 0.0715 e. The van der Waals surface area contributed by atoms with E-state index in [1.165, 1.54) is 36.4 Å². The van der Waals surface area contributed by atoms with Crippen LogP contribution in [0.15, 0.2) is 72.8 Å². The second-order valence-electron chi connectivity index (χ2n) is 5.87. The SMILES string of the molecule is C=C(C)C(=C)C.O=C([O-])c1cccc(C(=O)[O-])c1.O=C([O-])c1cccc(C(=O)[O-])c1. The molecule has 2 rings (SSSR count). The quantitative estimate of drug-likeness (QED) is 0.565. The van der Waals surface area contributed by atoms with E-state index in [4.69, 9.17) is 0 Å².